The second-order valence-electron chi connectivity index (χ2n) is 6.36. The predicted molar refractivity (Wildman–Crippen MR) is 101 cm³/mol. The van der Waals surface area contributed by atoms with Crippen LogP contribution >= 0.6 is 0 Å². The first-order valence-corrected chi connectivity index (χ1v) is 8.46. The molecule has 0 aliphatic carbocycles. The highest BCUT2D eigenvalue weighted by molar-refractivity contribution is 6.07. The van der Waals surface area contributed by atoms with Crippen molar-refractivity contribution in [3.05, 3.63) is 58.9 Å². The molecule has 3 aromatic heterocycles. The summed E-state index contributed by atoms with van der Waals surface area (Å²) >= 11 is 0. The molecule has 0 saturated heterocycles. The van der Waals surface area contributed by atoms with Crippen LogP contribution in [0.2, 0.25) is 0 Å². The Morgan fingerprint density at radius 3 is 2.71 bits per heavy atom. The number of aryl methyl sites for hydroxylation is 2. The third-order valence-electron chi connectivity index (χ3n) is 4.49. The molecule has 0 fully saturated rings. The van der Waals surface area contributed by atoms with E-state index in [4.69, 9.17) is 0 Å². The van der Waals surface area contributed by atoms with Crippen molar-refractivity contribution < 1.29 is 9.59 Å². The zero-order valence-corrected chi connectivity index (χ0v) is 15.2. The van der Waals surface area contributed by atoms with Crippen LogP contribution in [0, 0.1) is 0 Å². The number of rotatable bonds is 3. The fourth-order valence-corrected chi connectivity index (χ4v) is 3.09. The highest BCUT2D eigenvalue weighted by atomic mass is 16.2. The van der Waals surface area contributed by atoms with Gasteiger partial charge in [-0.15, -0.1) is 0 Å². The van der Waals surface area contributed by atoms with Gasteiger partial charge in [-0.1, -0.05) is 18.2 Å². The van der Waals surface area contributed by atoms with E-state index in [1.165, 1.54) is 17.2 Å². The van der Waals surface area contributed by atoms with Gasteiger partial charge in [0.25, 0.3) is 17.4 Å². The Hall–Kier alpha value is -3.95. The normalized spacial score (nSPS) is 11.1. The SMILES string of the molecule is Cn1cc(C(=O)NNC(=O)Cn2cnc3c(cnn3C)c2=O)c2ccccc21. The van der Waals surface area contributed by atoms with Gasteiger partial charge in [-0.2, -0.15) is 5.10 Å². The molecule has 2 amide bonds. The maximum absolute atomic E-state index is 12.4. The van der Waals surface area contributed by atoms with Crippen LogP contribution in [-0.4, -0.2) is 35.7 Å². The van der Waals surface area contributed by atoms with Crippen LogP contribution in [-0.2, 0) is 25.4 Å². The molecule has 2 N–H and O–H groups in total. The smallest absolute Gasteiger partial charge is 0.271 e. The highest BCUT2D eigenvalue weighted by Crippen LogP contribution is 2.19. The molecular weight excluding hydrogens is 362 g/mol. The third-order valence-corrected chi connectivity index (χ3v) is 4.49. The molecule has 0 bridgehead atoms. The largest absolute Gasteiger partial charge is 0.350 e. The van der Waals surface area contributed by atoms with Gasteiger partial charge in [0.05, 0.1) is 11.8 Å². The molecular formula is C18H17N7O3. The number of hydrogen-bond acceptors (Lipinski definition) is 5. The maximum atomic E-state index is 12.4. The van der Waals surface area contributed by atoms with E-state index in [9.17, 15) is 14.4 Å². The molecule has 0 atom stereocenters. The number of carbonyl (C=O) groups excluding carboxylic acids is 2. The standard InChI is InChI=1S/C18H17N7O3/c1-23-8-13(11-5-3-4-6-14(11)23)17(27)22-21-15(26)9-25-10-19-16-12(18(25)28)7-20-24(16)2/h3-8,10H,9H2,1-2H3,(H,21,26)(H,22,27). The summed E-state index contributed by atoms with van der Waals surface area (Å²) in [5, 5.41) is 5.07. The Balaban J connectivity index is 1.46. The molecule has 1 aromatic carbocycles. The number of carbonyl (C=O) groups is 2. The minimum atomic E-state index is -0.555. The van der Waals surface area contributed by atoms with Gasteiger partial charge in [-0.05, 0) is 6.07 Å². The van der Waals surface area contributed by atoms with Crippen molar-refractivity contribution >= 4 is 33.8 Å². The summed E-state index contributed by atoms with van der Waals surface area (Å²) in [4.78, 5) is 41.1. The lowest BCUT2D eigenvalue weighted by atomic mass is 10.2. The van der Waals surface area contributed by atoms with E-state index in [0.29, 0.717) is 16.6 Å². The highest BCUT2D eigenvalue weighted by Gasteiger charge is 2.15. The van der Waals surface area contributed by atoms with E-state index in [1.807, 2.05) is 35.9 Å². The molecule has 0 aliphatic heterocycles. The van der Waals surface area contributed by atoms with Gasteiger partial charge >= 0.3 is 0 Å². The number of fused-ring (bicyclic) bond motifs is 2. The lowest BCUT2D eigenvalue weighted by molar-refractivity contribution is -0.122. The molecule has 142 valence electrons. The molecule has 3 heterocycles. The molecule has 28 heavy (non-hydrogen) atoms. The van der Waals surface area contributed by atoms with Gasteiger partial charge in [0.15, 0.2) is 5.65 Å². The Morgan fingerprint density at radius 1 is 1.11 bits per heavy atom. The van der Waals surface area contributed by atoms with E-state index in [2.05, 4.69) is 20.9 Å². The molecule has 0 spiro atoms. The van der Waals surface area contributed by atoms with E-state index in [1.54, 1.807) is 13.2 Å². The number of hydrogen-bond donors (Lipinski definition) is 2. The van der Waals surface area contributed by atoms with Crippen molar-refractivity contribution in [3.8, 4) is 0 Å². The van der Waals surface area contributed by atoms with Crippen LogP contribution in [0.5, 0.6) is 0 Å². The van der Waals surface area contributed by atoms with Gasteiger partial charge < -0.3 is 4.57 Å². The van der Waals surface area contributed by atoms with Crippen molar-refractivity contribution in [2.75, 3.05) is 0 Å². The maximum Gasteiger partial charge on any atom is 0.271 e. The predicted octanol–water partition coefficient (Wildman–Crippen LogP) is 0.0829. The second kappa shape index (κ2) is 6.65. The van der Waals surface area contributed by atoms with Crippen molar-refractivity contribution in [1.29, 1.82) is 0 Å². The quantitative estimate of drug-likeness (QED) is 0.489. The molecule has 4 rings (SSSR count). The Kier molecular flexibility index (Phi) is 4.15. The number of benzene rings is 1. The molecule has 0 unspecified atom stereocenters. The van der Waals surface area contributed by atoms with Crippen LogP contribution in [0.3, 0.4) is 0 Å². The van der Waals surface area contributed by atoms with Crippen LogP contribution in [0.1, 0.15) is 10.4 Å². The minimum absolute atomic E-state index is 0.285. The van der Waals surface area contributed by atoms with E-state index < -0.39 is 11.8 Å². The Morgan fingerprint density at radius 2 is 1.89 bits per heavy atom. The summed E-state index contributed by atoms with van der Waals surface area (Å²) in [6.45, 7) is -0.285. The van der Waals surface area contributed by atoms with Crippen LogP contribution in [0.15, 0.2) is 47.8 Å². The van der Waals surface area contributed by atoms with Crippen molar-refractivity contribution in [2.24, 2.45) is 14.1 Å². The Labute approximate surface area is 158 Å². The molecule has 0 radical (unpaired) electrons. The number of amides is 2. The summed E-state index contributed by atoms with van der Waals surface area (Å²) in [6.07, 6.45) is 4.37. The number of hydrazine groups is 1. The van der Waals surface area contributed by atoms with Crippen LogP contribution in [0.4, 0.5) is 0 Å². The summed E-state index contributed by atoms with van der Waals surface area (Å²) in [5.74, 6) is -1.00. The van der Waals surface area contributed by atoms with Gasteiger partial charge in [0.2, 0.25) is 0 Å². The van der Waals surface area contributed by atoms with E-state index >= 15 is 0 Å². The average molecular weight is 379 g/mol. The van der Waals surface area contributed by atoms with Crippen molar-refractivity contribution in [2.45, 2.75) is 6.54 Å². The number of nitrogens with one attached hydrogen (secondary N) is 2. The first kappa shape index (κ1) is 17.5. The monoisotopic (exact) mass is 379 g/mol. The minimum Gasteiger partial charge on any atom is -0.350 e. The van der Waals surface area contributed by atoms with Gasteiger partial charge in [-0.25, -0.2) is 4.98 Å². The molecule has 10 nitrogen and oxygen atoms in total. The van der Waals surface area contributed by atoms with Crippen molar-refractivity contribution in [3.63, 3.8) is 0 Å². The van der Waals surface area contributed by atoms with Gasteiger partial charge in [-0.3, -0.25) is 34.5 Å². The second-order valence-corrected chi connectivity index (χ2v) is 6.36. The first-order chi connectivity index (χ1) is 13.5. The number of aromatic nitrogens is 5. The molecule has 0 saturated carbocycles. The summed E-state index contributed by atoms with van der Waals surface area (Å²) in [7, 11) is 3.51. The average Bonchev–Trinajstić information content (AvgIpc) is 3.23. The summed E-state index contributed by atoms with van der Waals surface area (Å²) in [5.41, 5.74) is 6.11. The number of para-hydroxylation sites is 1. The Bertz CT molecular complexity index is 1280. The van der Waals surface area contributed by atoms with E-state index in [0.717, 1.165) is 15.5 Å². The lowest BCUT2D eigenvalue weighted by Crippen LogP contribution is -2.44. The molecule has 4 aromatic rings. The fourth-order valence-electron chi connectivity index (χ4n) is 3.09. The fraction of sp³-hybridized carbons (Fsp3) is 0.167. The van der Waals surface area contributed by atoms with Gasteiger partial charge in [0.1, 0.15) is 18.3 Å². The lowest BCUT2D eigenvalue weighted by Gasteiger charge is -2.08. The zero-order valence-electron chi connectivity index (χ0n) is 15.2. The third kappa shape index (κ3) is 2.90. The van der Waals surface area contributed by atoms with Gasteiger partial charge in [0, 0.05) is 31.2 Å². The van der Waals surface area contributed by atoms with Crippen molar-refractivity contribution in [1.82, 2.24) is 34.8 Å². The first-order valence-electron chi connectivity index (χ1n) is 8.46. The number of nitrogens with zero attached hydrogens (tertiary/aromatic N) is 5. The molecule has 10 heteroatoms. The van der Waals surface area contributed by atoms with E-state index in [-0.39, 0.29) is 12.1 Å². The zero-order chi connectivity index (χ0) is 19.8. The summed E-state index contributed by atoms with van der Waals surface area (Å²) < 4.78 is 4.47. The topological polar surface area (TPSA) is 116 Å². The van der Waals surface area contributed by atoms with Crippen LogP contribution in [0.25, 0.3) is 21.9 Å². The summed E-state index contributed by atoms with van der Waals surface area (Å²) in [6, 6.07) is 7.46. The van der Waals surface area contributed by atoms with Crippen LogP contribution < -0.4 is 16.4 Å². The molecule has 0 aliphatic rings.